The van der Waals surface area contributed by atoms with Crippen LogP contribution in [-0.4, -0.2) is 21.0 Å². The lowest BCUT2D eigenvalue weighted by molar-refractivity contribution is -0.136. The Hall–Kier alpha value is -3.66. The zero-order chi connectivity index (χ0) is 18.4. The quantitative estimate of drug-likeness (QED) is 0.471. The second kappa shape index (κ2) is 5.95. The van der Waals surface area contributed by atoms with Crippen LogP contribution in [0.15, 0.2) is 72.8 Å². The number of benzene rings is 3. The molecular formula is C23H16N2O2. The number of hydrogen-bond donors (Lipinski definition) is 2. The number of hydrogen-bond acceptors (Lipinski definition) is 2. The van der Waals surface area contributed by atoms with E-state index in [-0.39, 0.29) is 6.42 Å². The number of rotatable bonds is 3. The van der Waals surface area contributed by atoms with Crippen molar-refractivity contribution < 1.29 is 9.90 Å². The maximum atomic E-state index is 11.3. The Morgan fingerprint density at radius 1 is 0.889 bits per heavy atom. The third kappa shape index (κ3) is 2.62. The molecule has 0 unspecified atom stereocenters. The van der Waals surface area contributed by atoms with Gasteiger partial charge < -0.3 is 10.1 Å². The van der Waals surface area contributed by atoms with Crippen LogP contribution < -0.4 is 0 Å². The third-order valence-corrected chi connectivity index (χ3v) is 4.90. The van der Waals surface area contributed by atoms with Crippen LogP contribution in [0.5, 0.6) is 0 Å². The van der Waals surface area contributed by atoms with E-state index in [4.69, 9.17) is 4.98 Å². The van der Waals surface area contributed by atoms with Crippen LogP contribution in [0.3, 0.4) is 0 Å². The summed E-state index contributed by atoms with van der Waals surface area (Å²) in [5.74, 6) is -0.883. The molecule has 4 nitrogen and oxygen atoms in total. The van der Waals surface area contributed by atoms with Crippen molar-refractivity contribution in [3.63, 3.8) is 0 Å². The van der Waals surface area contributed by atoms with Gasteiger partial charge in [-0.15, -0.1) is 0 Å². The van der Waals surface area contributed by atoms with Crippen molar-refractivity contribution in [1.82, 2.24) is 9.97 Å². The number of aromatic amines is 1. The number of carboxylic acids is 1. The van der Waals surface area contributed by atoms with Crippen LogP contribution in [0.2, 0.25) is 0 Å². The summed E-state index contributed by atoms with van der Waals surface area (Å²) in [6.45, 7) is 0. The molecule has 0 saturated heterocycles. The summed E-state index contributed by atoms with van der Waals surface area (Å²) < 4.78 is 0. The van der Waals surface area contributed by atoms with Gasteiger partial charge in [0.15, 0.2) is 0 Å². The summed E-state index contributed by atoms with van der Waals surface area (Å²) in [5, 5.41) is 13.6. The second-order valence-electron chi connectivity index (χ2n) is 6.69. The molecule has 130 valence electrons. The summed E-state index contributed by atoms with van der Waals surface area (Å²) >= 11 is 0. The topological polar surface area (TPSA) is 66.0 Å². The predicted molar refractivity (Wildman–Crippen MR) is 108 cm³/mol. The minimum atomic E-state index is -0.883. The molecule has 2 heterocycles. The van der Waals surface area contributed by atoms with Crippen LogP contribution in [0.4, 0.5) is 0 Å². The van der Waals surface area contributed by atoms with Gasteiger partial charge in [0, 0.05) is 21.9 Å². The van der Waals surface area contributed by atoms with Crippen LogP contribution >= 0.6 is 0 Å². The van der Waals surface area contributed by atoms with Gasteiger partial charge in [0.2, 0.25) is 0 Å². The molecule has 0 amide bonds. The van der Waals surface area contributed by atoms with E-state index in [1.54, 1.807) is 0 Å². The van der Waals surface area contributed by atoms with E-state index in [1.807, 2.05) is 48.5 Å². The summed E-state index contributed by atoms with van der Waals surface area (Å²) in [6, 6.07) is 24.3. The average Bonchev–Trinajstić information content (AvgIpc) is 3.05. The largest absolute Gasteiger partial charge is 0.481 e. The van der Waals surface area contributed by atoms with Gasteiger partial charge in [0.25, 0.3) is 0 Å². The Morgan fingerprint density at radius 2 is 1.67 bits per heavy atom. The van der Waals surface area contributed by atoms with Gasteiger partial charge in [-0.1, -0.05) is 54.6 Å². The van der Waals surface area contributed by atoms with Gasteiger partial charge in [-0.25, -0.2) is 4.98 Å². The first-order valence-electron chi connectivity index (χ1n) is 8.80. The van der Waals surface area contributed by atoms with Crippen LogP contribution in [-0.2, 0) is 11.2 Å². The molecule has 0 spiro atoms. The molecule has 0 saturated carbocycles. The second-order valence-corrected chi connectivity index (χ2v) is 6.69. The predicted octanol–water partition coefficient (Wildman–Crippen LogP) is 5.16. The Balaban J connectivity index is 1.83. The van der Waals surface area contributed by atoms with E-state index in [0.717, 1.165) is 43.8 Å². The van der Waals surface area contributed by atoms with E-state index in [1.165, 1.54) is 0 Å². The number of carbonyl (C=O) groups is 1. The summed E-state index contributed by atoms with van der Waals surface area (Å²) in [4.78, 5) is 19.4. The van der Waals surface area contributed by atoms with Crippen molar-refractivity contribution in [2.24, 2.45) is 0 Å². The first kappa shape index (κ1) is 15.6. The third-order valence-electron chi connectivity index (χ3n) is 4.90. The molecule has 0 bridgehead atoms. The average molecular weight is 352 g/mol. The molecule has 27 heavy (non-hydrogen) atoms. The molecule has 2 aromatic heterocycles. The molecular weight excluding hydrogens is 336 g/mol. The molecule has 0 atom stereocenters. The Bertz CT molecular complexity index is 1330. The van der Waals surface area contributed by atoms with Gasteiger partial charge in [-0.05, 0) is 29.0 Å². The van der Waals surface area contributed by atoms with Gasteiger partial charge in [-0.2, -0.15) is 0 Å². The minimum absolute atomic E-state index is 0.101. The Kier molecular flexibility index (Phi) is 3.44. The number of nitrogens with one attached hydrogen (secondary N) is 1. The fourth-order valence-corrected chi connectivity index (χ4v) is 3.69. The SMILES string of the molecule is O=C(O)Cc1cc2c([nH]c3ccccc32)c(-c2ccc3ccccc3c2)n1. The number of pyridine rings is 1. The standard InChI is InChI=1S/C23H16N2O2/c26-21(27)13-17-12-19-18-7-3-4-8-20(18)25-23(19)22(24-17)16-10-9-14-5-1-2-6-15(14)11-16/h1-12,25H,13H2,(H,26,27). The van der Waals surface area contributed by atoms with E-state index >= 15 is 0 Å². The van der Waals surface area contributed by atoms with Crippen molar-refractivity contribution in [3.05, 3.63) is 78.5 Å². The fraction of sp³-hybridized carbons (Fsp3) is 0.0435. The summed E-state index contributed by atoms with van der Waals surface area (Å²) in [5.41, 5.74) is 4.26. The zero-order valence-electron chi connectivity index (χ0n) is 14.4. The highest BCUT2D eigenvalue weighted by Gasteiger charge is 2.15. The molecule has 0 aliphatic heterocycles. The van der Waals surface area contributed by atoms with Crippen molar-refractivity contribution in [2.45, 2.75) is 6.42 Å². The number of fused-ring (bicyclic) bond motifs is 4. The molecule has 5 rings (SSSR count). The molecule has 2 N–H and O–H groups in total. The van der Waals surface area contributed by atoms with Crippen LogP contribution in [0.1, 0.15) is 5.69 Å². The number of H-pyrrole nitrogens is 1. The van der Waals surface area contributed by atoms with Gasteiger partial charge in [0.05, 0.1) is 23.3 Å². The number of carboxylic acid groups (broad SMARTS) is 1. The molecule has 0 fully saturated rings. The van der Waals surface area contributed by atoms with E-state index in [0.29, 0.717) is 5.69 Å². The van der Waals surface area contributed by atoms with Gasteiger partial charge in [-0.3, -0.25) is 4.79 Å². The summed E-state index contributed by atoms with van der Waals surface area (Å²) in [6.07, 6.45) is -0.101. The fourth-order valence-electron chi connectivity index (χ4n) is 3.69. The van der Waals surface area contributed by atoms with Crippen molar-refractivity contribution in [2.75, 3.05) is 0 Å². The monoisotopic (exact) mass is 352 g/mol. The van der Waals surface area contributed by atoms with Gasteiger partial charge in [0.1, 0.15) is 0 Å². The zero-order valence-corrected chi connectivity index (χ0v) is 14.4. The number of aromatic nitrogens is 2. The molecule has 0 aliphatic carbocycles. The lowest BCUT2D eigenvalue weighted by atomic mass is 10.0. The van der Waals surface area contributed by atoms with Crippen molar-refractivity contribution in [3.8, 4) is 11.3 Å². The molecule has 5 aromatic rings. The highest BCUT2D eigenvalue weighted by molar-refractivity contribution is 6.11. The van der Waals surface area contributed by atoms with E-state index < -0.39 is 5.97 Å². The smallest absolute Gasteiger partial charge is 0.309 e. The van der Waals surface area contributed by atoms with Gasteiger partial charge >= 0.3 is 5.97 Å². The maximum Gasteiger partial charge on any atom is 0.309 e. The summed E-state index contributed by atoms with van der Waals surface area (Å²) in [7, 11) is 0. The number of nitrogens with zero attached hydrogens (tertiary/aromatic N) is 1. The molecule has 0 aliphatic rings. The van der Waals surface area contributed by atoms with E-state index in [2.05, 4.69) is 29.2 Å². The Morgan fingerprint density at radius 3 is 2.52 bits per heavy atom. The first-order valence-corrected chi connectivity index (χ1v) is 8.80. The van der Waals surface area contributed by atoms with Crippen molar-refractivity contribution >= 4 is 38.5 Å². The lowest BCUT2D eigenvalue weighted by Crippen LogP contribution is -2.03. The van der Waals surface area contributed by atoms with E-state index in [9.17, 15) is 9.90 Å². The maximum absolute atomic E-state index is 11.3. The molecule has 4 heteroatoms. The minimum Gasteiger partial charge on any atom is -0.481 e. The lowest BCUT2D eigenvalue weighted by Gasteiger charge is -2.08. The normalized spacial score (nSPS) is 11.4. The number of para-hydroxylation sites is 1. The molecule has 3 aromatic carbocycles. The molecule has 0 radical (unpaired) electrons. The van der Waals surface area contributed by atoms with Crippen molar-refractivity contribution in [1.29, 1.82) is 0 Å². The highest BCUT2D eigenvalue weighted by atomic mass is 16.4. The van der Waals surface area contributed by atoms with Crippen LogP contribution in [0.25, 0.3) is 43.8 Å². The van der Waals surface area contributed by atoms with Crippen LogP contribution in [0, 0.1) is 0 Å². The first-order chi connectivity index (χ1) is 13.2. The highest BCUT2D eigenvalue weighted by Crippen LogP contribution is 2.33. The number of aliphatic carboxylic acids is 1. The Labute approximate surface area is 155 Å².